The molecule has 0 aliphatic rings. The highest BCUT2D eigenvalue weighted by atomic mass is 35.5. The molecule has 2 rings (SSSR count). The maximum Gasteiger partial charge on any atom is 0.236 e. The second-order valence-corrected chi connectivity index (χ2v) is 6.40. The van der Waals surface area contributed by atoms with Gasteiger partial charge in [-0.05, 0) is 23.4 Å². The van der Waals surface area contributed by atoms with Crippen molar-refractivity contribution in [3.05, 3.63) is 34.1 Å². The Kier molecular flexibility index (Phi) is 4.54. The number of hydrogen-bond donors (Lipinski definition) is 0. The van der Waals surface area contributed by atoms with Gasteiger partial charge in [0.1, 0.15) is 0 Å². The number of thioether (sulfide) groups is 1. The van der Waals surface area contributed by atoms with Crippen LogP contribution in [0.3, 0.4) is 0 Å². The maximum atomic E-state index is 6.09. The van der Waals surface area contributed by atoms with Crippen molar-refractivity contribution in [3.8, 4) is 11.4 Å². The first-order valence-corrected chi connectivity index (χ1v) is 7.26. The molecule has 96 valence electrons. The normalized spacial score (nSPS) is 11.2. The van der Waals surface area contributed by atoms with Crippen LogP contribution in [0.5, 0.6) is 0 Å². The van der Waals surface area contributed by atoms with Gasteiger partial charge in [0, 0.05) is 10.6 Å². The van der Waals surface area contributed by atoms with Gasteiger partial charge in [-0.2, -0.15) is 4.98 Å². The van der Waals surface area contributed by atoms with Crippen molar-refractivity contribution in [3.63, 3.8) is 0 Å². The van der Waals surface area contributed by atoms with Crippen LogP contribution in [0.4, 0.5) is 0 Å². The van der Waals surface area contributed by atoms with E-state index in [1.807, 2.05) is 0 Å². The average Bonchev–Trinajstić information content (AvgIpc) is 2.75. The van der Waals surface area contributed by atoms with Crippen LogP contribution >= 0.6 is 35.0 Å². The summed E-state index contributed by atoms with van der Waals surface area (Å²) in [6, 6.07) is 5.20. The number of hydrogen-bond acceptors (Lipinski definition) is 4. The molecular formula is C12H12Cl2N2OS. The van der Waals surface area contributed by atoms with Crippen LogP contribution in [-0.4, -0.2) is 15.4 Å². The Bertz CT molecular complexity index is 543. The van der Waals surface area contributed by atoms with Gasteiger partial charge >= 0.3 is 0 Å². The van der Waals surface area contributed by atoms with E-state index < -0.39 is 0 Å². The third kappa shape index (κ3) is 3.40. The first-order valence-electron chi connectivity index (χ1n) is 5.46. The van der Waals surface area contributed by atoms with Crippen molar-refractivity contribution in [2.24, 2.45) is 0 Å². The topological polar surface area (TPSA) is 38.9 Å². The van der Waals surface area contributed by atoms with E-state index >= 15 is 0 Å². The summed E-state index contributed by atoms with van der Waals surface area (Å²) in [6.07, 6.45) is 0. The van der Waals surface area contributed by atoms with Gasteiger partial charge in [-0.25, -0.2) is 0 Å². The third-order valence-electron chi connectivity index (χ3n) is 2.18. The highest BCUT2D eigenvalue weighted by molar-refractivity contribution is 7.99. The minimum Gasteiger partial charge on any atom is -0.338 e. The third-order valence-corrected chi connectivity index (χ3v) is 3.81. The largest absolute Gasteiger partial charge is 0.338 e. The lowest BCUT2D eigenvalue weighted by molar-refractivity contribution is 0.391. The van der Waals surface area contributed by atoms with Gasteiger partial charge in [0.05, 0.1) is 10.8 Å². The van der Waals surface area contributed by atoms with Crippen molar-refractivity contribution < 1.29 is 4.52 Å². The molecule has 0 aliphatic heterocycles. The molecule has 0 spiro atoms. The summed E-state index contributed by atoms with van der Waals surface area (Å²) in [4.78, 5) is 4.32. The molecule has 18 heavy (non-hydrogen) atoms. The molecule has 3 nitrogen and oxygen atoms in total. The predicted molar refractivity (Wildman–Crippen MR) is 76.2 cm³/mol. The maximum absolute atomic E-state index is 6.09. The van der Waals surface area contributed by atoms with E-state index in [1.54, 1.807) is 30.0 Å². The van der Waals surface area contributed by atoms with Crippen LogP contribution in [0.15, 0.2) is 22.7 Å². The highest BCUT2D eigenvalue weighted by Crippen LogP contribution is 2.28. The smallest absolute Gasteiger partial charge is 0.236 e. The number of aromatic nitrogens is 2. The van der Waals surface area contributed by atoms with Gasteiger partial charge in [-0.15, -0.1) is 11.8 Å². The van der Waals surface area contributed by atoms with Gasteiger partial charge in [-0.3, -0.25) is 0 Å². The van der Waals surface area contributed by atoms with Crippen LogP contribution in [0.25, 0.3) is 11.4 Å². The summed E-state index contributed by atoms with van der Waals surface area (Å²) >= 11 is 13.7. The molecule has 0 saturated carbocycles. The predicted octanol–water partition coefficient (Wildman–Crippen LogP) is 4.69. The quantitative estimate of drug-likeness (QED) is 0.821. The summed E-state index contributed by atoms with van der Waals surface area (Å²) < 4.78 is 5.18. The van der Waals surface area contributed by atoms with Crippen LogP contribution in [-0.2, 0) is 5.75 Å². The molecule has 1 aromatic carbocycles. The summed E-state index contributed by atoms with van der Waals surface area (Å²) in [7, 11) is 0. The average molecular weight is 303 g/mol. The fraction of sp³-hybridized carbons (Fsp3) is 0.333. The Morgan fingerprint density at radius 1 is 1.33 bits per heavy atom. The van der Waals surface area contributed by atoms with Crippen LogP contribution in [0.1, 0.15) is 19.7 Å². The van der Waals surface area contributed by atoms with E-state index in [2.05, 4.69) is 24.0 Å². The van der Waals surface area contributed by atoms with Crippen LogP contribution < -0.4 is 0 Å². The monoisotopic (exact) mass is 302 g/mol. The van der Waals surface area contributed by atoms with E-state index in [1.165, 1.54) is 0 Å². The van der Waals surface area contributed by atoms with Crippen LogP contribution in [0.2, 0.25) is 10.0 Å². The second-order valence-electron chi connectivity index (χ2n) is 4.00. The Labute approximate surface area is 120 Å². The lowest BCUT2D eigenvalue weighted by Crippen LogP contribution is -1.89. The molecule has 0 bridgehead atoms. The van der Waals surface area contributed by atoms with Crippen molar-refractivity contribution in [1.29, 1.82) is 0 Å². The fourth-order valence-electron chi connectivity index (χ4n) is 1.33. The Hall–Kier alpha value is -0.710. The summed E-state index contributed by atoms with van der Waals surface area (Å²) in [5.41, 5.74) is 0.727. The van der Waals surface area contributed by atoms with Crippen molar-refractivity contribution >= 4 is 35.0 Å². The highest BCUT2D eigenvalue weighted by Gasteiger charge is 2.12. The molecule has 0 unspecified atom stereocenters. The van der Waals surface area contributed by atoms with E-state index in [9.17, 15) is 0 Å². The Morgan fingerprint density at radius 2 is 2.11 bits per heavy atom. The van der Waals surface area contributed by atoms with Crippen molar-refractivity contribution in [1.82, 2.24) is 10.1 Å². The standard InChI is InChI=1S/C12H12Cl2N2OS/c1-7(2)18-6-11-15-12(16-17-11)9-4-3-8(13)5-10(9)14/h3-5,7H,6H2,1-2H3. The molecule has 0 amide bonds. The first-order chi connectivity index (χ1) is 8.56. The SMILES string of the molecule is CC(C)SCc1nc(-c2ccc(Cl)cc2Cl)no1. The molecule has 6 heteroatoms. The molecule has 0 aliphatic carbocycles. The molecule has 0 N–H and O–H groups in total. The molecular weight excluding hydrogens is 291 g/mol. The Morgan fingerprint density at radius 3 is 2.78 bits per heavy atom. The second kappa shape index (κ2) is 5.95. The zero-order chi connectivity index (χ0) is 13.1. The molecule has 0 fully saturated rings. The number of benzene rings is 1. The molecule has 0 radical (unpaired) electrons. The molecule has 0 atom stereocenters. The van der Waals surface area contributed by atoms with E-state index in [-0.39, 0.29) is 0 Å². The zero-order valence-corrected chi connectivity index (χ0v) is 12.3. The molecule has 2 aromatic rings. The first kappa shape index (κ1) is 13.7. The van der Waals surface area contributed by atoms with Gasteiger partial charge in [-0.1, -0.05) is 42.2 Å². The fourth-order valence-corrected chi connectivity index (χ4v) is 2.42. The molecule has 0 saturated heterocycles. The van der Waals surface area contributed by atoms with Gasteiger partial charge in [0.15, 0.2) is 0 Å². The van der Waals surface area contributed by atoms with Crippen molar-refractivity contribution in [2.45, 2.75) is 24.9 Å². The minimum atomic E-state index is 0.496. The van der Waals surface area contributed by atoms with Gasteiger partial charge in [0.2, 0.25) is 11.7 Å². The minimum absolute atomic E-state index is 0.496. The summed E-state index contributed by atoms with van der Waals surface area (Å²) in [5, 5.41) is 5.56. The van der Waals surface area contributed by atoms with Gasteiger partial charge < -0.3 is 4.52 Å². The van der Waals surface area contributed by atoms with E-state index in [4.69, 9.17) is 27.7 Å². The van der Waals surface area contributed by atoms with Crippen molar-refractivity contribution in [2.75, 3.05) is 0 Å². The van der Waals surface area contributed by atoms with E-state index in [0.29, 0.717) is 32.8 Å². The number of nitrogens with zero attached hydrogens (tertiary/aromatic N) is 2. The summed E-state index contributed by atoms with van der Waals surface area (Å²) in [5.74, 6) is 1.81. The zero-order valence-electron chi connectivity index (χ0n) is 9.98. The van der Waals surface area contributed by atoms with E-state index in [0.717, 1.165) is 5.56 Å². The number of halogens is 2. The van der Waals surface area contributed by atoms with Gasteiger partial charge in [0.25, 0.3) is 0 Å². The van der Waals surface area contributed by atoms with Crippen LogP contribution in [0, 0.1) is 0 Å². The molecule has 1 heterocycles. The lowest BCUT2D eigenvalue weighted by atomic mass is 10.2. The molecule has 1 aromatic heterocycles. The summed E-state index contributed by atoms with van der Waals surface area (Å²) in [6.45, 7) is 4.25. The Balaban J connectivity index is 2.18. The lowest BCUT2D eigenvalue weighted by Gasteiger charge is -1.99. The number of rotatable bonds is 4.